The minimum absolute atomic E-state index is 0.590. The van der Waals surface area contributed by atoms with Crippen LogP contribution in [0.3, 0.4) is 0 Å². The van der Waals surface area contributed by atoms with Crippen LogP contribution in [0.1, 0.15) is 18.4 Å². The van der Waals surface area contributed by atoms with Gasteiger partial charge in [0.05, 0.1) is 18.7 Å². The first-order valence-electron chi connectivity index (χ1n) is 6.98. The molecule has 112 valence electrons. The maximum atomic E-state index is 5.49. The number of rotatable bonds is 5. The summed E-state index contributed by atoms with van der Waals surface area (Å²) in [5.74, 6) is 1.76. The first-order chi connectivity index (χ1) is 9.67. The van der Waals surface area contributed by atoms with Gasteiger partial charge >= 0.3 is 0 Å². The molecule has 0 radical (unpaired) electrons. The van der Waals surface area contributed by atoms with Crippen LogP contribution >= 0.6 is 15.9 Å². The number of hydrogen-bond donors (Lipinski definition) is 1. The summed E-state index contributed by atoms with van der Waals surface area (Å²) in [5.41, 5.74) is 1.17. The first-order valence-corrected chi connectivity index (χ1v) is 7.77. The van der Waals surface area contributed by atoms with Crippen molar-refractivity contribution >= 4 is 15.9 Å². The third-order valence-electron chi connectivity index (χ3n) is 3.86. The Kier molecular flexibility index (Phi) is 5.69. The van der Waals surface area contributed by atoms with Gasteiger partial charge in [0.15, 0.2) is 0 Å². The van der Waals surface area contributed by atoms with Gasteiger partial charge in [-0.15, -0.1) is 0 Å². The van der Waals surface area contributed by atoms with Crippen molar-refractivity contribution in [2.45, 2.75) is 25.4 Å². The van der Waals surface area contributed by atoms with Crippen molar-refractivity contribution in [3.8, 4) is 11.5 Å². The lowest BCUT2D eigenvalue weighted by molar-refractivity contribution is 0.186. The van der Waals surface area contributed by atoms with E-state index in [1.807, 2.05) is 13.1 Å². The zero-order valence-electron chi connectivity index (χ0n) is 12.4. The molecule has 1 aliphatic heterocycles. The number of ether oxygens (including phenoxy) is 2. The van der Waals surface area contributed by atoms with Crippen molar-refractivity contribution in [3.05, 3.63) is 22.2 Å². The third-order valence-corrected chi connectivity index (χ3v) is 4.48. The van der Waals surface area contributed by atoms with E-state index in [1.165, 1.54) is 18.4 Å². The van der Waals surface area contributed by atoms with Crippen LogP contribution in [0.25, 0.3) is 0 Å². The molecule has 1 atom stereocenters. The Balaban J connectivity index is 2.15. The lowest BCUT2D eigenvalue weighted by atomic mass is 10.0. The van der Waals surface area contributed by atoms with Crippen LogP contribution in [0.5, 0.6) is 11.5 Å². The lowest BCUT2D eigenvalue weighted by Crippen LogP contribution is -2.43. The fraction of sp³-hybridized carbons (Fsp3) is 0.600. The number of nitrogens with one attached hydrogen (secondary N) is 1. The SMILES string of the molecule is CNC1CCCN(Cc2cc(OC)c(Br)cc2OC)C1. The van der Waals surface area contributed by atoms with Crippen molar-refractivity contribution in [3.63, 3.8) is 0 Å². The molecule has 1 unspecified atom stereocenters. The molecule has 0 spiro atoms. The molecule has 0 bridgehead atoms. The standard InChI is InChI=1S/C15H23BrN2O2/c1-17-12-5-4-6-18(10-12)9-11-7-15(20-3)13(16)8-14(11)19-2/h7-8,12,17H,4-6,9-10H2,1-3H3. The van der Waals surface area contributed by atoms with Gasteiger partial charge < -0.3 is 14.8 Å². The van der Waals surface area contributed by atoms with Crippen molar-refractivity contribution in [1.82, 2.24) is 10.2 Å². The fourth-order valence-electron chi connectivity index (χ4n) is 2.72. The smallest absolute Gasteiger partial charge is 0.133 e. The van der Waals surface area contributed by atoms with Crippen molar-refractivity contribution in [1.29, 1.82) is 0 Å². The monoisotopic (exact) mass is 342 g/mol. The molecule has 1 N–H and O–H groups in total. The van der Waals surface area contributed by atoms with E-state index in [2.05, 4.69) is 32.2 Å². The van der Waals surface area contributed by atoms with Gasteiger partial charge in [0.2, 0.25) is 0 Å². The zero-order valence-corrected chi connectivity index (χ0v) is 14.0. The predicted octanol–water partition coefficient (Wildman–Crippen LogP) is 2.65. The number of piperidine rings is 1. The molecule has 0 aliphatic carbocycles. The molecule has 1 aromatic rings. The molecular formula is C15H23BrN2O2. The molecule has 2 rings (SSSR count). The Morgan fingerprint density at radius 1 is 1.30 bits per heavy atom. The number of likely N-dealkylation sites (N-methyl/N-ethyl adjacent to an activating group) is 1. The van der Waals surface area contributed by atoms with Gasteiger partial charge in [-0.2, -0.15) is 0 Å². The van der Waals surface area contributed by atoms with Gasteiger partial charge in [-0.25, -0.2) is 0 Å². The summed E-state index contributed by atoms with van der Waals surface area (Å²) >= 11 is 3.50. The minimum atomic E-state index is 0.590. The first kappa shape index (κ1) is 15.6. The zero-order chi connectivity index (χ0) is 14.5. The normalized spacial score (nSPS) is 19.9. The van der Waals surface area contributed by atoms with E-state index in [1.54, 1.807) is 14.2 Å². The van der Waals surface area contributed by atoms with Crippen LogP contribution in [0.15, 0.2) is 16.6 Å². The van der Waals surface area contributed by atoms with Crippen LogP contribution in [0.4, 0.5) is 0 Å². The van der Waals surface area contributed by atoms with Gasteiger partial charge in [0.25, 0.3) is 0 Å². The molecular weight excluding hydrogens is 320 g/mol. The average molecular weight is 343 g/mol. The molecule has 5 heteroatoms. The number of nitrogens with zero attached hydrogens (tertiary/aromatic N) is 1. The third kappa shape index (κ3) is 3.65. The minimum Gasteiger partial charge on any atom is -0.496 e. The van der Waals surface area contributed by atoms with E-state index < -0.39 is 0 Å². The highest BCUT2D eigenvalue weighted by atomic mass is 79.9. The molecule has 0 amide bonds. The molecule has 0 saturated carbocycles. The molecule has 1 fully saturated rings. The van der Waals surface area contributed by atoms with Crippen LogP contribution in [0.2, 0.25) is 0 Å². The molecule has 1 saturated heterocycles. The molecule has 4 nitrogen and oxygen atoms in total. The molecule has 20 heavy (non-hydrogen) atoms. The summed E-state index contributed by atoms with van der Waals surface area (Å²) in [6, 6.07) is 4.63. The number of halogens is 1. The summed E-state index contributed by atoms with van der Waals surface area (Å²) in [6.45, 7) is 3.11. The van der Waals surface area contributed by atoms with Gasteiger partial charge in [0, 0.05) is 24.7 Å². The molecule has 1 aliphatic rings. The van der Waals surface area contributed by atoms with E-state index in [-0.39, 0.29) is 0 Å². The second kappa shape index (κ2) is 7.29. The Bertz CT molecular complexity index is 454. The van der Waals surface area contributed by atoms with Gasteiger partial charge in [0.1, 0.15) is 11.5 Å². The van der Waals surface area contributed by atoms with Gasteiger partial charge in [-0.05, 0) is 54.5 Å². The highest BCUT2D eigenvalue weighted by molar-refractivity contribution is 9.10. The second-order valence-corrected chi connectivity index (χ2v) is 6.02. The van der Waals surface area contributed by atoms with E-state index in [4.69, 9.17) is 9.47 Å². The topological polar surface area (TPSA) is 33.7 Å². The Morgan fingerprint density at radius 3 is 2.70 bits per heavy atom. The summed E-state index contributed by atoms with van der Waals surface area (Å²) in [4.78, 5) is 2.47. The van der Waals surface area contributed by atoms with E-state index in [0.29, 0.717) is 6.04 Å². The molecule has 1 heterocycles. The largest absolute Gasteiger partial charge is 0.496 e. The lowest BCUT2D eigenvalue weighted by Gasteiger charge is -2.32. The van der Waals surface area contributed by atoms with Gasteiger partial charge in [-0.3, -0.25) is 4.90 Å². The summed E-state index contributed by atoms with van der Waals surface area (Å²) < 4.78 is 11.8. The summed E-state index contributed by atoms with van der Waals surface area (Å²) in [7, 11) is 5.44. The number of benzene rings is 1. The van der Waals surface area contributed by atoms with Crippen LogP contribution in [-0.4, -0.2) is 45.3 Å². The van der Waals surface area contributed by atoms with E-state index in [9.17, 15) is 0 Å². The second-order valence-electron chi connectivity index (χ2n) is 5.16. The predicted molar refractivity (Wildman–Crippen MR) is 84.6 cm³/mol. The van der Waals surface area contributed by atoms with E-state index >= 15 is 0 Å². The Morgan fingerprint density at radius 2 is 2.05 bits per heavy atom. The quantitative estimate of drug-likeness (QED) is 0.891. The number of likely N-dealkylation sites (tertiary alicyclic amines) is 1. The summed E-state index contributed by atoms with van der Waals surface area (Å²) in [5, 5.41) is 3.37. The average Bonchev–Trinajstić information content (AvgIpc) is 2.48. The van der Waals surface area contributed by atoms with Crippen LogP contribution < -0.4 is 14.8 Å². The Hall–Kier alpha value is -0.780. The van der Waals surface area contributed by atoms with Crippen LogP contribution in [-0.2, 0) is 6.54 Å². The van der Waals surface area contributed by atoms with Crippen LogP contribution in [0, 0.1) is 0 Å². The summed E-state index contributed by atoms with van der Waals surface area (Å²) in [6.07, 6.45) is 2.50. The molecule has 1 aromatic carbocycles. The highest BCUT2D eigenvalue weighted by Gasteiger charge is 2.20. The number of methoxy groups -OCH3 is 2. The Labute approximate surface area is 129 Å². The van der Waals surface area contributed by atoms with Gasteiger partial charge in [-0.1, -0.05) is 0 Å². The maximum absolute atomic E-state index is 5.49. The number of hydrogen-bond acceptors (Lipinski definition) is 4. The van der Waals surface area contributed by atoms with E-state index in [0.717, 1.165) is 35.6 Å². The van der Waals surface area contributed by atoms with Crippen molar-refractivity contribution in [2.75, 3.05) is 34.4 Å². The van der Waals surface area contributed by atoms with Crippen molar-refractivity contribution in [2.24, 2.45) is 0 Å². The molecule has 0 aromatic heterocycles. The fourth-order valence-corrected chi connectivity index (χ4v) is 3.21. The highest BCUT2D eigenvalue weighted by Crippen LogP contribution is 2.33. The maximum Gasteiger partial charge on any atom is 0.133 e. The van der Waals surface area contributed by atoms with Crippen molar-refractivity contribution < 1.29 is 9.47 Å².